The molecule has 1 aromatic heterocycles. The molecule has 4 heteroatoms. The molecule has 1 unspecified atom stereocenters. The molecule has 0 spiro atoms. The van der Waals surface area contributed by atoms with Crippen molar-refractivity contribution in [2.45, 2.75) is 0 Å². The summed E-state index contributed by atoms with van der Waals surface area (Å²) in [5.74, 6) is 0. The molecule has 3 aromatic rings. The van der Waals surface area contributed by atoms with Crippen LogP contribution in [0.2, 0.25) is 0 Å². The lowest BCUT2D eigenvalue weighted by Crippen LogP contribution is -1.90. The minimum atomic E-state index is -1.50. The van der Waals surface area contributed by atoms with Crippen LogP contribution >= 0.6 is 23.7 Å². The molecule has 2 nitrogen and oxygen atoms in total. The van der Waals surface area contributed by atoms with Crippen LogP contribution in [0.5, 0.6) is 0 Å². The fourth-order valence-electron chi connectivity index (χ4n) is 1.75. The van der Waals surface area contributed by atoms with E-state index in [-0.39, 0.29) is 0 Å². The first-order valence-electron chi connectivity index (χ1n) is 4.83. The number of hydrogen-bond acceptors (Lipinski definition) is 2. The van der Waals surface area contributed by atoms with E-state index >= 15 is 0 Å². The second-order valence-corrected chi connectivity index (χ2v) is 6.00. The molecule has 0 aliphatic rings. The summed E-state index contributed by atoms with van der Waals surface area (Å²) >= 11 is 3.40. The van der Waals surface area contributed by atoms with Gasteiger partial charge in [-0.3, -0.25) is 0 Å². The van der Waals surface area contributed by atoms with Crippen LogP contribution in [0.4, 0.5) is 0 Å². The van der Waals surface area contributed by atoms with Crippen LogP contribution in [0.25, 0.3) is 21.3 Å². The van der Waals surface area contributed by atoms with Gasteiger partial charge in [-0.1, -0.05) is 28.1 Å². The third kappa shape index (κ3) is 1.52. The van der Waals surface area contributed by atoms with Crippen LogP contribution in [0.1, 0.15) is 0 Å². The molecule has 3 rings (SSSR count). The van der Waals surface area contributed by atoms with Crippen LogP contribution in [-0.4, -0.2) is 4.98 Å². The van der Waals surface area contributed by atoms with Crippen LogP contribution < -0.4 is 4.89 Å². The predicted octanol–water partition coefficient (Wildman–Crippen LogP) is 3.54. The summed E-state index contributed by atoms with van der Waals surface area (Å²) in [6.45, 7) is 0. The molecule has 0 aliphatic heterocycles. The van der Waals surface area contributed by atoms with Gasteiger partial charge in [-0.2, -0.15) is 0 Å². The molecule has 0 fully saturated rings. The van der Waals surface area contributed by atoms with Gasteiger partial charge in [0.25, 0.3) is 0 Å². The van der Waals surface area contributed by atoms with Gasteiger partial charge in [0.2, 0.25) is 0 Å². The molecule has 16 heavy (non-hydrogen) atoms. The van der Waals surface area contributed by atoms with Gasteiger partial charge >= 0.3 is 0 Å². The highest BCUT2D eigenvalue weighted by Crippen LogP contribution is 2.37. The molecule has 0 N–H and O–H groups in total. The Kier molecular flexibility index (Phi) is 2.40. The number of benzene rings is 2. The van der Waals surface area contributed by atoms with Crippen LogP contribution in [0.3, 0.4) is 0 Å². The molecule has 0 bridgehead atoms. The molecule has 78 valence electrons. The summed E-state index contributed by atoms with van der Waals surface area (Å²) in [7, 11) is -1.50. The molecule has 0 saturated carbocycles. The highest BCUT2D eigenvalue weighted by atomic mass is 79.9. The van der Waals surface area contributed by atoms with Crippen molar-refractivity contribution in [3.05, 3.63) is 46.9 Å². The molecule has 0 aliphatic carbocycles. The van der Waals surface area contributed by atoms with Crippen molar-refractivity contribution in [2.24, 2.45) is 0 Å². The van der Waals surface area contributed by atoms with Gasteiger partial charge in [-0.25, -0.2) is 4.98 Å². The van der Waals surface area contributed by atoms with Gasteiger partial charge < -0.3 is 4.89 Å². The zero-order valence-corrected chi connectivity index (χ0v) is 10.7. The molecule has 2 aromatic carbocycles. The highest BCUT2D eigenvalue weighted by Gasteiger charge is 2.11. The van der Waals surface area contributed by atoms with E-state index in [0.717, 1.165) is 25.7 Å². The van der Waals surface area contributed by atoms with E-state index in [2.05, 4.69) is 20.9 Å². The fraction of sp³-hybridized carbons (Fsp3) is 0. The number of halogens is 1. The first-order valence-corrected chi connectivity index (χ1v) is 6.88. The Bertz CT molecular complexity index is 699. The lowest BCUT2D eigenvalue weighted by atomic mass is 10.3. The Morgan fingerprint density at radius 2 is 1.75 bits per heavy atom. The van der Waals surface area contributed by atoms with Gasteiger partial charge in [0.15, 0.2) is 10.2 Å². The van der Waals surface area contributed by atoms with E-state index in [9.17, 15) is 4.89 Å². The third-order valence-corrected chi connectivity index (χ3v) is 4.62. The SMILES string of the molecule is [O-][p+]1c2ccccc2nc2cc(Br)ccc21. The number of nitrogens with zero attached hydrogens (tertiary/aromatic N) is 1. The molecule has 0 radical (unpaired) electrons. The lowest BCUT2D eigenvalue weighted by molar-refractivity contribution is -0.148. The molecule has 1 atom stereocenters. The Balaban J connectivity index is 2.55. The molecular formula is C12H7BrNOP. The molecular weight excluding hydrogens is 285 g/mol. The average Bonchev–Trinajstić information content (AvgIpc) is 2.29. The number of hydrogen-bond donors (Lipinski definition) is 0. The lowest BCUT2D eigenvalue weighted by Gasteiger charge is -2.02. The second kappa shape index (κ2) is 3.77. The van der Waals surface area contributed by atoms with Gasteiger partial charge in [-0.05, 0) is 30.3 Å². The zero-order chi connectivity index (χ0) is 11.1. The van der Waals surface area contributed by atoms with Crippen molar-refractivity contribution in [1.29, 1.82) is 0 Å². The highest BCUT2D eigenvalue weighted by molar-refractivity contribution is 9.10. The third-order valence-electron chi connectivity index (χ3n) is 2.50. The smallest absolute Gasteiger partial charge is 0.171 e. The normalized spacial score (nSPS) is 12.2. The van der Waals surface area contributed by atoms with E-state index in [1.807, 2.05) is 42.5 Å². The van der Waals surface area contributed by atoms with Crippen molar-refractivity contribution >= 4 is 45.0 Å². The Morgan fingerprint density at radius 1 is 1.00 bits per heavy atom. The molecule has 1 heterocycles. The number of para-hydroxylation sites is 1. The summed E-state index contributed by atoms with van der Waals surface area (Å²) in [4.78, 5) is 16.8. The summed E-state index contributed by atoms with van der Waals surface area (Å²) < 4.78 is 0.956. The van der Waals surface area contributed by atoms with Crippen LogP contribution in [0, 0.1) is 0 Å². The minimum Gasteiger partial charge on any atom is -0.625 e. The number of rotatable bonds is 0. The average molecular weight is 292 g/mol. The monoisotopic (exact) mass is 291 g/mol. The van der Waals surface area contributed by atoms with Gasteiger partial charge in [0.1, 0.15) is 18.8 Å². The zero-order valence-electron chi connectivity index (χ0n) is 8.22. The fourth-order valence-corrected chi connectivity index (χ4v) is 3.44. The number of aromatic nitrogens is 1. The van der Waals surface area contributed by atoms with Crippen molar-refractivity contribution in [3.63, 3.8) is 0 Å². The van der Waals surface area contributed by atoms with Gasteiger partial charge in [0, 0.05) is 4.47 Å². The summed E-state index contributed by atoms with van der Waals surface area (Å²) in [5.41, 5.74) is 1.61. The quantitative estimate of drug-likeness (QED) is 0.594. The Labute approximate surface area is 102 Å². The first-order chi connectivity index (χ1) is 7.75. The summed E-state index contributed by atoms with van der Waals surface area (Å²) in [6, 6.07) is 13.3. The van der Waals surface area contributed by atoms with Crippen molar-refractivity contribution in [3.8, 4) is 0 Å². The largest absolute Gasteiger partial charge is 0.625 e. The first kappa shape index (κ1) is 10.2. The minimum absolute atomic E-state index is 0.800. The van der Waals surface area contributed by atoms with E-state index in [1.165, 1.54) is 0 Å². The summed E-state index contributed by atoms with van der Waals surface area (Å²) in [5, 5.41) is 1.64. The maximum atomic E-state index is 12.3. The van der Waals surface area contributed by atoms with Crippen molar-refractivity contribution < 1.29 is 4.89 Å². The molecule has 0 saturated heterocycles. The predicted molar refractivity (Wildman–Crippen MR) is 69.5 cm³/mol. The van der Waals surface area contributed by atoms with Crippen molar-refractivity contribution in [2.75, 3.05) is 0 Å². The van der Waals surface area contributed by atoms with E-state index in [1.54, 1.807) is 0 Å². The standard InChI is InChI=1S/C12H7BrNOP/c13-8-5-6-12-10(7-8)14-9-3-1-2-4-11(9)16(12)15/h1-7H. The second-order valence-electron chi connectivity index (χ2n) is 3.53. The maximum absolute atomic E-state index is 12.3. The Hall–Kier alpha value is -1.02. The van der Waals surface area contributed by atoms with Crippen molar-refractivity contribution in [1.82, 2.24) is 4.98 Å². The van der Waals surface area contributed by atoms with E-state index in [0.29, 0.717) is 0 Å². The number of fused-ring (bicyclic) bond motifs is 2. The molecule has 0 amide bonds. The van der Waals surface area contributed by atoms with Crippen LogP contribution in [-0.2, 0) is 0 Å². The maximum Gasteiger partial charge on any atom is 0.171 e. The van der Waals surface area contributed by atoms with Gasteiger partial charge in [-0.15, -0.1) is 0 Å². The van der Waals surface area contributed by atoms with Gasteiger partial charge in [0.05, 0.1) is 0 Å². The van der Waals surface area contributed by atoms with Crippen LogP contribution in [0.15, 0.2) is 46.9 Å². The van der Waals surface area contributed by atoms with E-state index < -0.39 is 7.76 Å². The summed E-state index contributed by atoms with van der Waals surface area (Å²) in [6.07, 6.45) is 0. The topological polar surface area (TPSA) is 36.0 Å². The Morgan fingerprint density at radius 3 is 2.62 bits per heavy atom. The van der Waals surface area contributed by atoms with E-state index in [4.69, 9.17) is 0 Å².